The average Bonchev–Trinajstić information content (AvgIpc) is 2.63. The van der Waals surface area contributed by atoms with Gasteiger partial charge in [0.1, 0.15) is 11.8 Å². The number of ether oxygens (including phenoxy) is 1. The van der Waals surface area contributed by atoms with Gasteiger partial charge in [-0.15, -0.1) is 0 Å². The first-order chi connectivity index (χ1) is 12.1. The summed E-state index contributed by atoms with van der Waals surface area (Å²) in [5, 5.41) is 4.23. The minimum atomic E-state index is -0.184. The first kappa shape index (κ1) is 17.4. The number of nitrogens with zero attached hydrogens (tertiary/aromatic N) is 3. The van der Waals surface area contributed by atoms with Crippen LogP contribution in [0.2, 0.25) is 0 Å². The summed E-state index contributed by atoms with van der Waals surface area (Å²) in [6.45, 7) is 5.42. The molecule has 132 valence electrons. The van der Waals surface area contributed by atoms with Crippen molar-refractivity contribution in [2.24, 2.45) is 0 Å². The number of benzene rings is 1. The van der Waals surface area contributed by atoms with Gasteiger partial charge in [0, 0.05) is 19.2 Å². The van der Waals surface area contributed by atoms with Gasteiger partial charge in [0.2, 0.25) is 0 Å². The lowest BCUT2D eigenvalue weighted by atomic mass is 10.1. The van der Waals surface area contributed by atoms with Crippen molar-refractivity contribution >= 4 is 5.91 Å². The Hall–Kier alpha value is -2.47. The summed E-state index contributed by atoms with van der Waals surface area (Å²) in [6.07, 6.45) is 0.565. The molecule has 1 fully saturated rings. The van der Waals surface area contributed by atoms with Crippen molar-refractivity contribution in [3.05, 3.63) is 64.1 Å². The maximum absolute atomic E-state index is 12.9. The van der Waals surface area contributed by atoms with Crippen LogP contribution in [0.1, 0.15) is 42.4 Å². The third-order valence-electron chi connectivity index (χ3n) is 4.24. The van der Waals surface area contributed by atoms with Gasteiger partial charge in [0.05, 0.1) is 12.6 Å². The minimum Gasteiger partial charge on any atom is -0.367 e. The fourth-order valence-corrected chi connectivity index (χ4v) is 3.07. The highest BCUT2D eigenvalue weighted by molar-refractivity contribution is 5.92. The molecule has 6 heteroatoms. The Morgan fingerprint density at radius 3 is 2.68 bits per heavy atom. The summed E-state index contributed by atoms with van der Waals surface area (Å²) < 4.78 is 7.35. The molecule has 1 aliphatic rings. The van der Waals surface area contributed by atoms with Gasteiger partial charge in [0.15, 0.2) is 0 Å². The van der Waals surface area contributed by atoms with Crippen LogP contribution < -0.4 is 5.56 Å². The Morgan fingerprint density at radius 2 is 1.96 bits per heavy atom. The fourth-order valence-electron chi connectivity index (χ4n) is 3.07. The van der Waals surface area contributed by atoms with Crippen LogP contribution in [0.15, 0.2) is 47.3 Å². The second-order valence-corrected chi connectivity index (χ2v) is 6.34. The van der Waals surface area contributed by atoms with Gasteiger partial charge in [0.25, 0.3) is 11.5 Å². The van der Waals surface area contributed by atoms with Gasteiger partial charge in [-0.25, -0.2) is 4.68 Å². The molecule has 2 unspecified atom stereocenters. The van der Waals surface area contributed by atoms with Crippen LogP contribution in [0.3, 0.4) is 0 Å². The summed E-state index contributed by atoms with van der Waals surface area (Å²) in [5.41, 5.74) is 1.17. The number of carbonyl (C=O) groups excluding carboxylic acids is 1. The molecule has 25 heavy (non-hydrogen) atoms. The zero-order chi connectivity index (χ0) is 17.8. The summed E-state index contributed by atoms with van der Waals surface area (Å²) in [7, 11) is 0. The van der Waals surface area contributed by atoms with Crippen molar-refractivity contribution in [3.8, 4) is 0 Å². The smallest absolute Gasteiger partial charge is 0.274 e. The maximum atomic E-state index is 12.9. The number of morpholine rings is 1. The van der Waals surface area contributed by atoms with Gasteiger partial charge in [-0.2, -0.15) is 5.10 Å². The molecule has 2 atom stereocenters. The van der Waals surface area contributed by atoms with Gasteiger partial charge in [-0.3, -0.25) is 9.59 Å². The lowest BCUT2D eigenvalue weighted by Gasteiger charge is -2.36. The Balaban J connectivity index is 1.81. The van der Waals surface area contributed by atoms with Gasteiger partial charge < -0.3 is 9.64 Å². The average molecular weight is 341 g/mol. The van der Waals surface area contributed by atoms with Crippen molar-refractivity contribution in [2.75, 3.05) is 13.1 Å². The summed E-state index contributed by atoms with van der Waals surface area (Å²) in [5.74, 6) is -0.166. The van der Waals surface area contributed by atoms with Crippen molar-refractivity contribution in [2.45, 2.75) is 39.0 Å². The third kappa shape index (κ3) is 3.96. The molecule has 0 saturated carbocycles. The monoisotopic (exact) mass is 341 g/mol. The molecule has 0 N–H and O–H groups in total. The number of amides is 1. The molecule has 0 aliphatic carbocycles. The van der Waals surface area contributed by atoms with E-state index >= 15 is 0 Å². The molecule has 6 nitrogen and oxygen atoms in total. The van der Waals surface area contributed by atoms with Crippen molar-refractivity contribution < 1.29 is 9.53 Å². The van der Waals surface area contributed by atoms with Gasteiger partial charge in [-0.05, 0) is 25.0 Å². The molecule has 2 aromatic rings. The normalized spacial score (nSPS) is 20.5. The van der Waals surface area contributed by atoms with E-state index in [4.69, 9.17) is 4.74 Å². The highest BCUT2D eigenvalue weighted by atomic mass is 16.5. The van der Waals surface area contributed by atoms with E-state index in [1.54, 1.807) is 4.90 Å². The van der Waals surface area contributed by atoms with Crippen LogP contribution in [0, 0.1) is 0 Å². The van der Waals surface area contributed by atoms with E-state index in [2.05, 4.69) is 5.10 Å². The van der Waals surface area contributed by atoms with Crippen LogP contribution in [0.4, 0.5) is 0 Å². The van der Waals surface area contributed by atoms with E-state index in [9.17, 15) is 9.59 Å². The Bertz CT molecular complexity index is 788. The Morgan fingerprint density at radius 1 is 1.20 bits per heavy atom. The van der Waals surface area contributed by atoms with E-state index in [0.717, 1.165) is 12.0 Å². The molecule has 3 rings (SSSR count). The second-order valence-electron chi connectivity index (χ2n) is 6.34. The number of carbonyl (C=O) groups is 1. The molecule has 1 saturated heterocycles. The molecule has 0 radical (unpaired) electrons. The first-order valence-corrected chi connectivity index (χ1v) is 8.66. The van der Waals surface area contributed by atoms with Crippen molar-refractivity contribution in [1.82, 2.24) is 14.7 Å². The summed E-state index contributed by atoms with van der Waals surface area (Å²) in [4.78, 5) is 26.4. The third-order valence-corrected chi connectivity index (χ3v) is 4.24. The quantitative estimate of drug-likeness (QED) is 0.856. The zero-order valence-electron chi connectivity index (χ0n) is 14.6. The number of hydrogen-bond donors (Lipinski definition) is 0. The molecule has 1 aliphatic heterocycles. The van der Waals surface area contributed by atoms with Crippen LogP contribution >= 0.6 is 0 Å². The molecule has 1 amide bonds. The zero-order valence-corrected chi connectivity index (χ0v) is 14.6. The van der Waals surface area contributed by atoms with Crippen LogP contribution in [-0.2, 0) is 11.3 Å². The highest BCUT2D eigenvalue weighted by Crippen LogP contribution is 2.25. The Labute approximate surface area is 147 Å². The lowest BCUT2D eigenvalue weighted by molar-refractivity contribution is -0.0693. The van der Waals surface area contributed by atoms with Crippen molar-refractivity contribution in [3.63, 3.8) is 0 Å². The first-order valence-electron chi connectivity index (χ1n) is 8.66. The largest absolute Gasteiger partial charge is 0.367 e. The van der Waals surface area contributed by atoms with Gasteiger partial charge in [-0.1, -0.05) is 37.3 Å². The van der Waals surface area contributed by atoms with E-state index in [-0.39, 0.29) is 23.7 Å². The molecule has 0 bridgehead atoms. The second kappa shape index (κ2) is 7.61. The molecule has 0 spiro atoms. The lowest BCUT2D eigenvalue weighted by Crippen LogP contribution is -2.46. The van der Waals surface area contributed by atoms with E-state index in [0.29, 0.717) is 25.3 Å². The molecule has 2 heterocycles. The van der Waals surface area contributed by atoms with Crippen LogP contribution in [-0.4, -0.2) is 39.8 Å². The highest BCUT2D eigenvalue weighted by Gasteiger charge is 2.30. The number of rotatable bonds is 4. The maximum Gasteiger partial charge on any atom is 0.274 e. The predicted octanol–water partition coefficient (Wildman–Crippen LogP) is 2.26. The SMILES string of the molecule is CCCn1nc(C(=O)N2CC(C)OC(c3ccccc3)C2)ccc1=O. The molecular formula is C19H23N3O3. The topological polar surface area (TPSA) is 64.4 Å². The number of hydrogen-bond acceptors (Lipinski definition) is 4. The summed E-state index contributed by atoms with van der Waals surface area (Å²) >= 11 is 0. The fraction of sp³-hybridized carbons (Fsp3) is 0.421. The van der Waals surface area contributed by atoms with Crippen molar-refractivity contribution in [1.29, 1.82) is 0 Å². The van der Waals surface area contributed by atoms with E-state index < -0.39 is 0 Å². The van der Waals surface area contributed by atoms with E-state index in [1.807, 2.05) is 44.2 Å². The number of aromatic nitrogens is 2. The Kier molecular flexibility index (Phi) is 5.28. The molecular weight excluding hydrogens is 318 g/mol. The molecule has 1 aromatic carbocycles. The predicted molar refractivity (Wildman–Crippen MR) is 94.4 cm³/mol. The minimum absolute atomic E-state index is 0.0653. The standard InChI is InChI=1S/C19H23N3O3/c1-3-11-22-18(23)10-9-16(20-22)19(24)21-12-14(2)25-17(13-21)15-7-5-4-6-8-15/h4-10,14,17H,3,11-13H2,1-2H3. The number of aryl methyl sites for hydroxylation is 1. The molecule has 1 aromatic heterocycles. The van der Waals surface area contributed by atoms with Crippen LogP contribution in [0.25, 0.3) is 0 Å². The summed E-state index contributed by atoms with van der Waals surface area (Å²) in [6, 6.07) is 12.8. The van der Waals surface area contributed by atoms with E-state index in [1.165, 1.54) is 16.8 Å². The van der Waals surface area contributed by atoms with Gasteiger partial charge >= 0.3 is 0 Å². The van der Waals surface area contributed by atoms with Crippen LogP contribution in [0.5, 0.6) is 0 Å².